The molecular formula is C20H18N2O4S2. The summed E-state index contributed by atoms with van der Waals surface area (Å²) in [5.74, 6) is -0.337. The number of hydrogen-bond acceptors (Lipinski definition) is 5. The lowest BCUT2D eigenvalue weighted by Gasteiger charge is -2.27. The summed E-state index contributed by atoms with van der Waals surface area (Å²) in [6.45, 7) is 1.80. The van der Waals surface area contributed by atoms with Gasteiger partial charge in [-0.2, -0.15) is 0 Å². The van der Waals surface area contributed by atoms with Gasteiger partial charge >= 0.3 is 0 Å². The topological polar surface area (TPSA) is 92.3 Å². The fourth-order valence-corrected chi connectivity index (χ4v) is 6.24. The highest BCUT2D eigenvalue weighted by atomic mass is 32.2. The molecule has 1 aliphatic heterocycles. The highest BCUT2D eigenvalue weighted by molar-refractivity contribution is 7.91. The molecule has 1 unspecified atom stereocenters. The lowest BCUT2D eigenvalue weighted by molar-refractivity contribution is 0.0979. The third-order valence-corrected chi connectivity index (χ3v) is 7.23. The van der Waals surface area contributed by atoms with E-state index >= 15 is 0 Å². The van der Waals surface area contributed by atoms with Gasteiger partial charge in [0.2, 0.25) is 0 Å². The van der Waals surface area contributed by atoms with Gasteiger partial charge in [0.05, 0.1) is 28.3 Å². The van der Waals surface area contributed by atoms with Gasteiger partial charge in [0.15, 0.2) is 26.5 Å². The van der Waals surface area contributed by atoms with Crippen molar-refractivity contribution >= 4 is 44.4 Å². The van der Waals surface area contributed by atoms with E-state index in [1.54, 1.807) is 49.4 Å². The molecule has 6 nitrogen and oxygen atoms in total. The number of rotatable bonds is 2. The summed E-state index contributed by atoms with van der Waals surface area (Å²) >= 11 is 5.36. The predicted octanol–water partition coefficient (Wildman–Crippen LogP) is 2.33. The maximum Gasteiger partial charge on any atom is 0.196 e. The summed E-state index contributed by atoms with van der Waals surface area (Å²) in [5.41, 5.74) is 1.12. The lowest BCUT2D eigenvalue weighted by atomic mass is 9.83. The molecule has 4 rings (SSSR count). The predicted molar refractivity (Wildman–Crippen MR) is 111 cm³/mol. The van der Waals surface area contributed by atoms with Gasteiger partial charge in [-0.25, -0.2) is 8.42 Å². The fourth-order valence-electron chi connectivity index (χ4n) is 3.79. The Bertz CT molecular complexity index is 1140. The van der Waals surface area contributed by atoms with Crippen molar-refractivity contribution in [2.75, 3.05) is 16.8 Å². The Balaban J connectivity index is 1.63. The summed E-state index contributed by atoms with van der Waals surface area (Å²) in [6.07, 6.45) is 0.453. The number of anilines is 1. The van der Waals surface area contributed by atoms with Crippen LogP contribution in [0, 0.1) is 0 Å². The Labute approximate surface area is 168 Å². The molecule has 1 atom stereocenters. The van der Waals surface area contributed by atoms with E-state index in [9.17, 15) is 18.0 Å². The molecule has 2 aromatic carbocycles. The number of hydrogen-bond donors (Lipinski definition) is 2. The minimum absolute atomic E-state index is 0.000487. The molecule has 1 saturated heterocycles. The van der Waals surface area contributed by atoms with Gasteiger partial charge in [-0.1, -0.05) is 36.4 Å². The molecule has 0 bridgehead atoms. The van der Waals surface area contributed by atoms with Crippen LogP contribution in [-0.4, -0.2) is 42.1 Å². The van der Waals surface area contributed by atoms with Gasteiger partial charge < -0.3 is 10.6 Å². The third-order valence-electron chi connectivity index (χ3n) is 5.12. The van der Waals surface area contributed by atoms with Crippen LogP contribution in [-0.2, 0) is 9.84 Å². The highest BCUT2D eigenvalue weighted by Gasteiger charge is 2.39. The summed E-state index contributed by atoms with van der Waals surface area (Å²) < 4.78 is 23.6. The number of benzene rings is 2. The zero-order valence-electron chi connectivity index (χ0n) is 15.1. The van der Waals surface area contributed by atoms with Gasteiger partial charge in [0.25, 0.3) is 0 Å². The zero-order chi connectivity index (χ0) is 20.1. The van der Waals surface area contributed by atoms with Crippen LogP contribution in [0.25, 0.3) is 0 Å². The molecule has 0 amide bonds. The monoisotopic (exact) mass is 414 g/mol. The second kappa shape index (κ2) is 6.49. The average Bonchev–Trinajstić information content (AvgIpc) is 2.92. The highest BCUT2D eigenvalue weighted by Crippen LogP contribution is 2.32. The first-order valence-corrected chi connectivity index (χ1v) is 11.0. The van der Waals surface area contributed by atoms with Crippen LogP contribution in [0.4, 0.5) is 5.69 Å². The number of carbonyl (C=O) groups excluding carboxylic acids is 2. The molecule has 0 radical (unpaired) electrons. The molecule has 8 heteroatoms. The van der Waals surface area contributed by atoms with Gasteiger partial charge in [0.1, 0.15) is 0 Å². The normalized spacial score (nSPS) is 22.3. The van der Waals surface area contributed by atoms with Crippen LogP contribution in [0.3, 0.4) is 0 Å². The van der Waals surface area contributed by atoms with Crippen LogP contribution >= 0.6 is 12.2 Å². The second-order valence-electron chi connectivity index (χ2n) is 7.41. The minimum Gasteiger partial charge on any atom is -0.356 e. The summed E-state index contributed by atoms with van der Waals surface area (Å²) in [7, 11) is -3.08. The summed E-state index contributed by atoms with van der Waals surface area (Å²) in [5, 5.41) is 6.25. The van der Waals surface area contributed by atoms with E-state index in [1.165, 1.54) is 0 Å². The Kier molecular flexibility index (Phi) is 4.35. The Morgan fingerprint density at radius 3 is 2.29 bits per heavy atom. The molecule has 0 aromatic heterocycles. The van der Waals surface area contributed by atoms with Crippen molar-refractivity contribution in [3.63, 3.8) is 0 Å². The first kappa shape index (κ1) is 18.8. The maximum atomic E-state index is 13.0. The maximum absolute atomic E-state index is 13.0. The molecule has 144 valence electrons. The van der Waals surface area contributed by atoms with Crippen molar-refractivity contribution in [2.24, 2.45) is 0 Å². The van der Waals surface area contributed by atoms with Gasteiger partial charge in [-0.15, -0.1) is 0 Å². The number of ketones is 2. The smallest absolute Gasteiger partial charge is 0.196 e. The van der Waals surface area contributed by atoms with E-state index in [4.69, 9.17) is 12.2 Å². The van der Waals surface area contributed by atoms with Crippen LogP contribution < -0.4 is 10.6 Å². The number of nitrogens with one attached hydrogen (secondary N) is 2. The minimum atomic E-state index is -3.08. The molecule has 1 fully saturated rings. The van der Waals surface area contributed by atoms with Crippen molar-refractivity contribution in [3.05, 3.63) is 64.7 Å². The fraction of sp³-hybridized carbons (Fsp3) is 0.250. The largest absolute Gasteiger partial charge is 0.356 e. The summed E-state index contributed by atoms with van der Waals surface area (Å²) in [6, 6.07) is 11.7. The molecule has 28 heavy (non-hydrogen) atoms. The molecule has 0 spiro atoms. The van der Waals surface area contributed by atoms with Crippen molar-refractivity contribution < 1.29 is 18.0 Å². The zero-order valence-corrected chi connectivity index (χ0v) is 16.7. The number of thiocarbonyl (C=S) groups is 1. The Morgan fingerprint density at radius 1 is 1.00 bits per heavy atom. The van der Waals surface area contributed by atoms with Crippen molar-refractivity contribution in [1.82, 2.24) is 5.32 Å². The van der Waals surface area contributed by atoms with E-state index in [1.807, 2.05) is 0 Å². The van der Waals surface area contributed by atoms with E-state index in [-0.39, 0.29) is 33.7 Å². The van der Waals surface area contributed by atoms with E-state index in [0.29, 0.717) is 28.8 Å². The molecular weight excluding hydrogens is 396 g/mol. The molecule has 2 aliphatic rings. The van der Waals surface area contributed by atoms with Crippen molar-refractivity contribution in [2.45, 2.75) is 18.9 Å². The standard InChI is InChI=1S/C20H18N2O4S2/c1-20(9-10-28(25,26)11-20)22-19(27)21-15-8-4-7-14-16(15)18(24)13-6-3-2-5-12(13)17(14)23/h2-8H,9-11H2,1H3,(H2,21,22,27). The third kappa shape index (κ3) is 3.22. The second-order valence-corrected chi connectivity index (χ2v) is 10.0. The SMILES string of the molecule is CC1(NC(=S)Nc2cccc3c2C(=O)c2ccccc2C3=O)CCS(=O)(=O)C1. The molecule has 1 aliphatic carbocycles. The van der Waals surface area contributed by atoms with Gasteiger partial charge in [0, 0.05) is 16.7 Å². The lowest BCUT2D eigenvalue weighted by Crippen LogP contribution is -2.48. The molecule has 2 N–H and O–H groups in total. The van der Waals surface area contributed by atoms with E-state index in [0.717, 1.165) is 0 Å². The average molecular weight is 415 g/mol. The van der Waals surface area contributed by atoms with Crippen LogP contribution in [0.5, 0.6) is 0 Å². The van der Waals surface area contributed by atoms with Gasteiger partial charge in [-0.3, -0.25) is 9.59 Å². The van der Waals surface area contributed by atoms with Gasteiger partial charge in [-0.05, 0) is 31.6 Å². The first-order valence-electron chi connectivity index (χ1n) is 8.80. The van der Waals surface area contributed by atoms with Crippen LogP contribution in [0.15, 0.2) is 42.5 Å². The number of sulfone groups is 1. The Hall–Kier alpha value is -2.58. The van der Waals surface area contributed by atoms with Crippen LogP contribution in [0.2, 0.25) is 0 Å². The Morgan fingerprint density at radius 2 is 1.64 bits per heavy atom. The summed E-state index contributed by atoms with van der Waals surface area (Å²) in [4.78, 5) is 25.8. The van der Waals surface area contributed by atoms with E-state index in [2.05, 4.69) is 10.6 Å². The molecule has 1 heterocycles. The van der Waals surface area contributed by atoms with Crippen molar-refractivity contribution in [3.8, 4) is 0 Å². The van der Waals surface area contributed by atoms with E-state index < -0.39 is 15.4 Å². The number of fused-ring (bicyclic) bond motifs is 2. The molecule has 0 saturated carbocycles. The quantitative estimate of drug-likeness (QED) is 0.622. The van der Waals surface area contributed by atoms with Crippen LogP contribution in [0.1, 0.15) is 45.2 Å². The van der Waals surface area contributed by atoms with Crippen molar-refractivity contribution in [1.29, 1.82) is 0 Å². The first-order chi connectivity index (χ1) is 13.2. The number of carbonyl (C=O) groups is 2. The molecule has 2 aromatic rings.